The van der Waals surface area contributed by atoms with Gasteiger partial charge in [0.1, 0.15) is 0 Å². The monoisotopic (exact) mass is 212 g/mol. The van der Waals surface area contributed by atoms with Crippen molar-refractivity contribution in [1.82, 2.24) is 0 Å². The van der Waals surface area contributed by atoms with Crippen LogP contribution < -0.4 is 10.6 Å². The summed E-state index contributed by atoms with van der Waals surface area (Å²) in [6, 6.07) is 7.36. The maximum atomic E-state index is 13.5. The predicted molar refractivity (Wildman–Crippen MR) is 60.4 cm³/mol. The largest absolute Gasteiger partial charge is 0.399 e. The van der Waals surface area contributed by atoms with Gasteiger partial charge in [-0.15, -0.1) is 0 Å². The van der Waals surface area contributed by atoms with Crippen molar-refractivity contribution in [3.8, 4) is 0 Å². The van der Waals surface area contributed by atoms with Crippen LogP contribution >= 0.6 is 11.8 Å². The average Bonchev–Trinajstić information content (AvgIpc) is 2.20. The summed E-state index contributed by atoms with van der Waals surface area (Å²) in [5.74, 6) is 1.55. The van der Waals surface area contributed by atoms with Gasteiger partial charge in [-0.25, -0.2) is 4.39 Å². The summed E-state index contributed by atoms with van der Waals surface area (Å²) in [6.45, 7) is 0.774. The molecule has 1 heterocycles. The molecule has 2 nitrogen and oxygen atoms in total. The SMILES string of the molecule is Nc1ccc(N2CCSCC2F)cc1. The van der Waals surface area contributed by atoms with Gasteiger partial charge in [-0.1, -0.05) is 0 Å². The third-order valence-electron chi connectivity index (χ3n) is 2.29. The number of nitrogens with zero attached hydrogens (tertiary/aromatic N) is 1. The topological polar surface area (TPSA) is 29.3 Å². The lowest BCUT2D eigenvalue weighted by atomic mass is 10.2. The zero-order valence-electron chi connectivity index (χ0n) is 7.82. The highest BCUT2D eigenvalue weighted by molar-refractivity contribution is 7.99. The lowest BCUT2D eigenvalue weighted by Gasteiger charge is -2.32. The molecule has 0 aromatic heterocycles. The number of anilines is 2. The van der Waals surface area contributed by atoms with Crippen molar-refractivity contribution < 1.29 is 4.39 Å². The van der Waals surface area contributed by atoms with Crippen molar-refractivity contribution in [3.63, 3.8) is 0 Å². The standard InChI is InChI=1S/C10H13FN2S/c11-10-7-14-6-5-13(10)9-3-1-8(12)2-4-9/h1-4,10H,5-7,12H2. The van der Waals surface area contributed by atoms with Crippen molar-refractivity contribution in [2.45, 2.75) is 6.30 Å². The third-order valence-corrected chi connectivity index (χ3v) is 3.28. The van der Waals surface area contributed by atoms with Gasteiger partial charge in [0.05, 0.1) is 0 Å². The highest BCUT2D eigenvalue weighted by Crippen LogP contribution is 2.25. The minimum absolute atomic E-state index is 0.560. The van der Waals surface area contributed by atoms with Gasteiger partial charge in [-0.2, -0.15) is 11.8 Å². The summed E-state index contributed by atoms with van der Waals surface area (Å²) in [4.78, 5) is 1.79. The number of thioether (sulfide) groups is 1. The van der Waals surface area contributed by atoms with E-state index in [9.17, 15) is 4.39 Å². The molecule has 0 amide bonds. The summed E-state index contributed by atoms with van der Waals surface area (Å²) in [5, 5.41) is 0. The minimum Gasteiger partial charge on any atom is -0.399 e. The second kappa shape index (κ2) is 4.09. The van der Waals surface area contributed by atoms with E-state index in [1.54, 1.807) is 16.7 Å². The van der Waals surface area contributed by atoms with Crippen LogP contribution in [0.3, 0.4) is 0 Å². The Morgan fingerprint density at radius 2 is 2.07 bits per heavy atom. The normalized spacial score (nSPS) is 22.4. The Morgan fingerprint density at radius 3 is 2.71 bits per heavy atom. The molecule has 0 spiro atoms. The summed E-state index contributed by atoms with van der Waals surface area (Å²) in [7, 11) is 0. The van der Waals surface area contributed by atoms with Crippen LogP contribution in [0.2, 0.25) is 0 Å². The quantitative estimate of drug-likeness (QED) is 0.571. The van der Waals surface area contributed by atoms with E-state index in [-0.39, 0.29) is 0 Å². The number of benzene rings is 1. The van der Waals surface area contributed by atoms with Gasteiger partial charge in [-0.3, -0.25) is 0 Å². The van der Waals surface area contributed by atoms with E-state index in [0.717, 1.165) is 23.7 Å². The molecule has 2 rings (SSSR count). The summed E-state index contributed by atoms with van der Waals surface area (Å²) >= 11 is 1.66. The Balaban J connectivity index is 2.16. The molecule has 1 unspecified atom stereocenters. The van der Waals surface area contributed by atoms with E-state index < -0.39 is 6.30 Å². The Morgan fingerprint density at radius 1 is 1.36 bits per heavy atom. The molecule has 2 N–H and O–H groups in total. The van der Waals surface area contributed by atoms with Crippen molar-refractivity contribution >= 4 is 23.1 Å². The molecule has 1 aliphatic rings. The molecule has 76 valence electrons. The molecule has 0 bridgehead atoms. The maximum absolute atomic E-state index is 13.5. The minimum atomic E-state index is -0.864. The summed E-state index contributed by atoms with van der Waals surface area (Å²) in [6.07, 6.45) is -0.864. The number of alkyl halides is 1. The molecule has 14 heavy (non-hydrogen) atoms. The first-order chi connectivity index (χ1) is 6.77. The van der Waals surface area contributed by atoms with Crippen LogP contribution in [-0.2, 0) is 0 Å². The van der Waals surface area contributed by atoms with Crippen molar-refractivity contribution in [2.75, 3.05) is 28.7 Å². The summed E-state index contributed by atoms with van der Waals surface area (Å²) < 4.78 is 13.5. The first-order valence-corrected chi connectivity index (χ1v) is 5.77. The molecule has 1 saturated heterocycles. The maximum Gasteiger partial charge on any atom is 0.181 e. The Hall–Kier alpha value is -0.900. The molecule has 0 radical (unpaired) electrons. The number of nitrogens with two attached hydrogens (primary N) is 1. The van der Waals surface area contributed by atoms with E-state index in [1.165, 1.54) is 0 Å². The second-order valence-electron chi connectivity index (χ2n) is 3.29. The van der Waals surface area contributed by atoms with Gasteiger partial charge in [-0.05, 0) is 24.3 Å². The van der Waals surface area contributed by atoms with E-state index >= 15 is 0 Å². The van der Waals surface area contributed by atoms with Gasteiger partial charge in [0.15, 0.2) is 6.30 Å². The molecule has 0 saturated carbocycles. The number of nitrogen functional groups attached to an aromatic ring is 1. The molecule has 1 atom stereocenters. The molecule has 1 aliphatic heterocycles. The summed E-state index contributed by atoms with van der Waals surface area (Å²) in [5.41, 5.74) is 7.22. The van der Waals surface area contributed by atoms with Crippen LogP contribution in [0.5, 0.6) is 0 Å². The number of rotatable bonds is 1. The van der Waals surface area contributed by atoms with Crippen LogP contribution in [0, 0.1) is 0 Å². The zero-order valence-corrected chi connectivity index (χ0v) is 8.64. The van der Waals surface area contributed by atoms with Crippen LogP contribution in [0.15, 0.2) is 24.3 Å². The van der Waals surface area contributed by atoms with Gasteiger partial charge < -0.3 is 10.6 Å². The van der Waals surface area contributed by atoms with Crippen LogP contribution in [-0.4, -0.2) is 24.3 Å². The van der Waals surface area contributed by atoms with E-state index in [0.29, 0.717) is 5.75 Å². The molecule has 1 aromatic rings. The van der Waals surface area contributed by atoms with Gasteiger partial charge >= 0.3 is 0 Å². The van der Waals surface area contributed by atoms with Crippen molar-refractivity contribution in [2.24, 2.45) is 0 Å². The average molecular weight is 212 g/mol. The lowest BCUT2D eigenvalue weighted by Crippen LogP contribution is -2.39. The molecular formula is C10H13FN2S. The molecular weight excluding hydrogens is 199 g/mol. The van der Waals surface area contributed by atoms with Gasteiger partial charge in [0.25, 0.3) is 0 Å². The zero-order chi connectivity index (χ0) is 9.97. The number of hydrogen-bond donors (Lipinski definition) is 1. The highest BCUT2D eigenvalue weighted by atomic mass is 32.2. The van der Waals surface area contributed by atoms with E-state index in [1.807, 2.05) is 24.3 Å². The smallest absolute Gasteiger partial charge is 0.181 e. The fraction of sp³-hybridized carbons (Fsp3) is 0.400. The Kier molecular flexibility index (Phi) is 2.82. The Bertz CT molecular complexity index is 301. The fourth-order valence-corrected chi connectivity index (χ4v) is 2.40. The lowest BCUT2D eigenvalue weighted by molar-refractivity contribution is 0.350. The van der Waals surface area contributed by atoms with Gasteiger partial charge in [0.2, 0.25) is 0 Å². The van der Waals surface area contributed by atoms with Crippen LogP contribution in [0.25, 0.3) is 0 Å². The van der Waals surface area contributed by atoms with Crippen LogP contribution in [0.4, 0.5) is 15.8 Å². The third kappa shape index (κ3) is 1.95. The first kappa shape index (κ1) is 9.65. The first-order valence-electron chi connectivity index (χ1n) is 4.61. The number of hydrogen-bond acceptors (Lipinski definition) is 3. The number of halogens is 1. The van der Waals surface area contributed by atoms with Crippen molar-refractivity contribution in [3.05, 3.63) is 24.3 Å². The highest BCUT2D eigenvalue weighted by Gasteiger charge is 2.21. The fourth-order valence-electron chi connectivity index (χ4n) is 1.53. The van der Waals surface area contributed by atoms with Crippen molar-refractivity contribution in [1.29, 1.82) is 0 Å². The predicted octanol–water partition coefficient (Wildman–Crippen LogP) is 2.12. The molecule has 0 aliphatic carbocycles. The molecule has 1 aromatic carbocycles. The molecule has 4 heteroatoms. The van der Waals surface area contributed by atoms with Crippen LogP contribution in [0.1, 0.15) is 0 Å². The second-order valence-corrected chi connectivity index (χ2v) is 4.44. The van der Waals surface area contributed by atoms with E-state index in [4.69, 9.17) is 5.73 Å². The molecule has 1 fully saturated rings. The van der Waals surface area contributed by atoms with Gasteiger partial charge in [0, 0.05) is 29.4 Å². The Labute approximate surface area is 87.3 Å². The van der Waals surface area contributed by atoms with E-state index in [2.05, 4.69) is 0 Å².